The normalized spacial score (nSPS) is 20.2. The molecule has 2 amide bonds. The summed E-state index contributed by atoms with van der Waals surface area (Å²) in [7, 11) is 0. The van der Waals surface area contributed by atoms with Crippen LogP contribution in [0.15, 0.2) is 54.6 Å². The van der Waals surface area contributed by atoms with Gasteiger partial charge in [0.15, 0.2) is 0 Å². The molecule has 1 saturated heterocycles. The Morgan fingerprint density at radius 1 is 1.03 bits per heavy atom. The lowest BCUT2D eigenvalue weighted by atomic mass is 10.1. The zero-order valence-electron chi connectivity index (χ0n) is 16.7. The number of nitrogens with zero attached hydrogens (tertiary/aromatic N) is 2. The number of amides is 2. The number of carbonyl (C=O) groups is 1. The van der Waals surface area contributed by atoms with Gasteiger partial charge in [-0.1, -0.05) is 19.1 Å². The van der Waals surface area contributed by atoms with Crippen molar-refractivity contribution in [2.75, 3.05) is 22.1 Å². The van der Waals surface area contributed by atoms with Gasteiger partial charge in [-0.05, 0) is 79.6 Å². The zero-order valence-corrected chi connectivity index (χ0v) is 16.7. The number of benzene rings is 2. The molecule has 2 bridgehead atoms. The first-order valence-electron chi connectivity index (χ1n) is 10.5. The molecule has 29 heavy (non-hydrogen) atoms. The average Bonchev–Trinajstić information content (AvgIpc) is 3.37. The predicted molar refractivity (Wildman–Crippen MR) is 119 cm³/mol. The molecule has 0 spiro atoms. The molecule has 5 nitrogen and oxygen atoms in total. The Hall–Kier alpha value is -3.08. The van der Waals surface area contributed by atoms with E-state index in [4.69, 9.17) is 4.98 Å². The van der Waals surface area contributed by atoms with E-state index in [0.29, 0.717) is 6.04 Å². The van der Waals surface area contributed by atoms with Gasteiger partial charge in [-0.15, -0.1) is 0 Å². The number of fused-ring (bicyclic) bond motifs is 3. The lowest BCUT2D eigenvalue weighted by Crippen LogP contribution is -2.32. The molecule has 2 atom stereocenters. The third-order valence-electron chi connectivity index (χ3n) is 6.26. The summed E-state index contributed by atoms with van der Waals surface area (Å²) in [6.07, 6.45) is 4.97. The number of hydrogen-bond acceptors (Lipinski definition) is 3. The fourth-order valence-corrected chi connectivity index (χ4v) is 4.68. The zero-order chi connectivity index (χ0) is 19.8. The van der Waals surface area contributed by atoms with E-state index >= 15 is 0 Å². The third-order valence-corrected chi connectivity index (χ3v) is 6.26. The summed E-state index contributed by atoms with van der Waals surface area (Å²) in [5.74, 6) is 1.93. The van der Waals surface area contributed by atoms with Gasteiger partial charge < -0.3 is 15.5 Å². The molecule has 1 aliphatic heterocycles. The second-order valence-corrected chi connectivity index (χ2v) is 8.19. The molecule has 2 heterocycles. The molecule has 3 aromatic rings. The Labute approximate surface area is 171 Å². The number of rotatable bonds is 4. The molecule has 5 rings (SSSR count). The van der Waals surface area contributed by atoms with E-state index in [1.807, 2.05) is 42.5 Å². The van der Waals surface area contributed by atoms with Gasteiger partial charge in [0.2, 0.25) is 0 Å². The largest absolute Gasteiger partial charge is 0.353 e. The van der Waals surface area contributed by atoms with E-state index in [0.717, 1.165) is 47.0 Å². The van der Waals surface area contributed by atoms with Crippen LogP contribution in [0.5, 0.6) is 0 Å². The molecule has 1 saturated carbocycles. The van der Waals surface area contributed by atoms with Crippen LogP contribution in [0.3, 0.4) is 0 Å². The van der Waals surface area contributed by atoms with Crippen LogP contribution in [-0.4, -0.2) is 23.6 Å². The van der Waals surface area contributed by atoms with Crippen LogP contribution in [0.4, 0.5) is 22.0 Å². The highest BCUT2D eigenvalue weighted by Gasteiger charge is 2.38. The predicted octanol–water partition coefficient (Wildman–Crippen LogP) is 5.43. The van der Waals surface area contributed by atoms with Gasteiger partial charge in [0.25, 0.3) is 0 Å². The number of carbonyl (C=O) groups excluding carboxylic acids is 1. The fourth-order valence-electron chi connectivity index (χ4n) is 4.68. The third kappa shape index (κ3) is 3.65. The summed E-state index contributed by atoms with van der Waals surface area (Å²) in [4.78, 5) is 19.7. The van der Waals surface area contributed by atoms with Crippen molar-refractivity contribution in [3.05, 3.63) is 60.2 Å². The molecule has 0 radical (unpaired) electrons. The second kappa shape index (κ2) is 7.39. The first-order valence-corrected chi connectivity index (χ1v) is 10.5. The lowest BCUT2D eigenvalue weighted by Gasteiger charge is -2.28. The Kier molecular flexibility index (Phi) is 4.58. The van der Waals surface area contributed by atoms with Crippen LogP contribution < -0.4 is 15.5 Å². The van der Waals surface area contributed by atoms with Crippen molar-refractivity contribution in [3.8, 4) is 0 Å². The van der Waals surface area contributed by atoms with Crippen molar-refractivity contribution in [1.29, 1.82) is 0 Å². The van der Waals surface area contributed by atoms with Gasteiger partial charge in [0.05, 0.1) is 5.52 Å². The van der Waals surface area contributed by atoms with E-state index in [1.54, 1.807) is 0 Å². The number of anilines is 3. The number of pyridine rings is 1. The maximum absolute atomic E-state index is 12.3. The monoisotopic (exact) mass is 386 g/mol. The highest BCUT2D eigenvalue weighted by Crippen LogP contribution is 2.39. The molecular weight excluding hydrogens is 360 g/mol. The molecule has 1 aliphatic carbocycles. The summed E-state index contributed by atoms with van der Waals surface area (Å²) in [6, 6.07) is 18.4. The van der Waals surface area contributed by atoms with Gasteiger partial charge in [-0.25, -0.2) is 9.78 Å². The minimum Gasteiger partial charge on any atom is -0.353 e. The summed E-state index contributed by atoms with van der Waals surface area (Å²) >= 11 is 0. The van der Waals surface area contributed by atoms with Gasteiger partial charge in [-0.3, -0.25) is 0 Å². The van der Waals surface area contributed by atoms with Crippen molar-refractivity contribution in [3.63, 3.8) is 0 Å². The van der Waals surface area contributed by atoms with Crippen LogP contribution in [-0.2, 0) is 6.42 Å². The summed E-state index contributed by atoms with van der Waals surface area (Å²) in [5, 5.41) is 6.82. The summed E-state index contributed by atoms with van der Waals surface area (Å²) < 4.78 is 0. The van der Waals surface area contributed by atoms with Crippen LogP contribution >= 0.6 is 0 Å². The van der Waals surface area contributed by atoms with Crippen molar-refractivity contribution >= 4 is 34.1 Å². The number of urea groups is 1. The molecule has 5 heteroatoms. The molecule has 2 aliphatic rings. The molecular formula is C24H26N4O. The minimum atomic E-state index is -0.244. The first-order chi connectivity index (χ1) is 14.2. The van der Waals surface area contributed by atoms with E-state index in [2.05, 4.69) is 34.6 Å². The number of aryl methyl sites for hydroxylation is 1. The van der Waals surface area contributed by atoms with Crippen LogP contribution in [0.25, 0.3) is 10.9 Å². The SMILES string of the molecule is CCc1ccc(NC(=O)Nc2ccc3nc(N4CC5CCC4C5)ccc3c2)cc1. The first kappa shape index (κ1) is 18.0. The van der Waals surface area contributed by atoms with E-state index in [-0.39, 0.29) is 6.03 Å². The lowest BCUT2D eigenvalue weighted by molar-refractivity contribution is 0.262. The van der Waals surface area contributed by atoms with Gasteiger partial charge in [-0.2, -0.15) is 0 Å². The Balaban J connectivity index is 1.28. The van der Waals surface area contributed by atoms with Gasteiger partial charge in [0.1, 0.15) is 5.82 Å². The average molecular weight is 386 g/mol. The number of nitrogens with one attached hydrogen (secondary N) is 2. The topological polar surface area (TPSA) is 57.3 Å². The Morgan fingerprint density at radius 3 is 2.55 bits per heavy atom. The van der Waals surface area contributed by atoms with Crippen LogP contribution in [0.1, 0.15) is 31.7 Å². The molecule has 1 aromatic heterocycles. The molecule has 148 valence electrons. The van der Waals surface area contributed by atoms with Crippen molar-refractivity contribution in [2.45, 2.75) is 38.6 Å². The molecule has 2 unspecified atom stereocenters. The second-order valence-electron chi connectivity index (χ2n) is 8.19. The smallest absolute Gasteiger partial charge is 0.323 e. The van der Waals surface area contributed by atoms with Gasteiger partial charge >= 0.3 is 6.03 Å². The Bertz CT molecular complexity index is 1050. The van der Waals surface area contributed by atoms with E-state index < -0.39 is 0 Å². The van der Waals surface area contributed by atoms with Crippen molar-refractivity contribution < 1.29 is 4.79 Å². The number of piperidine rings is 1. The van der Waals surface area contributed by atoms with E-state index in [1.165, 1.54) is 24.8 Å². The molecule has 2 aromatic carbocycles. The standard InChI is InChI=1S/C24H26N4O/c1-2-16-3-7-19(8-4-16)25-24(29)26-20-9-11-22-18(14-20)6-12-23(27-22)28-15-17-5-10-21(28)13-17/h3-4,6-9,11-12,14,17,21H,2,5,10,13,15H2,1H3,(H2,25,26,29). The van der Waals surface area contributed by atoms with Crippen LogP contribution in [0.2, 0.25) is 0 Å². The summed E-state index contributed by atoms with van der Waals surface area (Å²) in [6.45, 7) is 3.25. The van der Waals surface area contributed by atoms with Gasteiger partial charge in [0, 0.05) is 29.3 Å². The fraction of sp³-hybridized carbons (Fsp3) is 0.333. The Morgan fingerprint density at radius 2 is 1.83 bits per heavy atom. The highest BCUT2D eigenvalue weighted by atomic mass is 16.2. The summed E-state index contributed by atoms with van der Waals surface area (Å²) in [5.41, 5.74) is 3.76. The highest BCUT2D eigenvalue weighted by molar-refractivity contribution is 6.01. The van der Waals surface area contributed by atoms with Crippen LogP contribution in [0, 0.1) is 5.92 Å². The van der Waals surface area contributed by atoms with Crippen molar-refractivity contribution in [1.82, 2.24) is 4.98 Å². The van der Waals surface area contributed by atoms with E-state index in [9.17, 15) is 4.79 Å². The quantitative estimate of drug-likeness (QED) is 0.629. The number of aromatic nitrogens is 1. The maximum atomic E-state index is 12.3. The van der Waals surface area contributed by atoms with Crippen molar-refractivity contribution in [2.24, 2.45) is 5.92 Å². The molecule has 2 N–H and O–H groups in total. The minimum absolute atomic E-state index is 0.244. The maximum Gasteiger partial charge on any atom is 0.323 e. The number of hydrogen-bond donors (Lipinski definition) is 2. The molecule has 2 fully saturated rings.